The second-order valence-corrected chi connectivity index (χ2v) is 10.4. The van der Waals surface area contributed by atoms with E-state index < -0.39 is 0 Å². The number of hydrogen-bond acceptors (Lipinski definition) is 2. The van der Waals surface area contributed by atoms with Crippen LogP contribution in [0.4, 0.5) is 0 Å². The third-order valence-corrected chi connectivity index (χ3v) is 6.70. The SMILES string of the molecule is C/C=C(\C=C\C1c2[c-]c(Oc3[c-]c(-n4nc(C)cc4C)ccc3)ccc2-c2ccccc21)C(C)(C)C.[Pt+2]. The first-order valence-electron chi connectivity index (χ1n) is 12.5. The van der Waals surface area contributed by atoms with Crippen LogP contribution in [0, 0.1) is 31.4 Å². The van der Waals surface area contributed by atoms with Gasteiger partial charge >= 0.3 is 21.1 Å². The smallest absolute Gasteiger partial charge is 0.509 e. The van der Waals surface area contributed by atoms with Crippen molar-refractivity contribution in [1.82, 2.24) is 9.78 Å². The van der Waals surface area contributed by atoms with Gasteiger partial charge in [0.25, 0.3) is 0 Å². The zero-order valence-electron chi connectivity index (χ0n) is 22.2. The van der Waals surface area contributed by atoms with Gasteiger partial charge < -0.3 is 4.74 Å². The van der Waals surface area contributed by atoms with E-state index in [4.69, 9.17) is 4.74 Å². The maximum Gasteiger partial charge on any atom is 2.00 e. The molecule has 0 bridgehead atoms. The zero-order valence-corrected chi connectivity index (χ0v) is 24.5. The van der Waals surface area contributed by atoms with Crippen LogP contribution in [0.3, 0.4) is 0 Å². The number of hydrogen-bond donors (Lipinski definition) is 0. The predicted octanol–water partition coefficient (Wildman–Crippen LogP) is 8.54. The van der Waals surface area contributed by atoms with Crippen molar-refractivity contribution in [1.29, 1.82) is 0 Å². The van der Waals surface area contributed by atoms with Crippen LogP contribution >= 0.6 is 0 Å². The number of allylic oxidation sites excluding steroid dienone is 4. The Balaban J connectivity index is 0.00000320. The van der Waals surface area contributed by atoms with Gasteiger partial charge in [-0.05, 0) is 49.1 Å². The fourth-order valence-corrected chi connectivity index (χ4v) is 4.99. The number of fused-ring (bicyclic) bond motifs is 3. The number of benzene rings is 3. The van der Waals surface area contributed by atoms with Gasteiger partial charge in [-0.2, -0.15) is 17.2 Å². The van der Waals surface area contributed by atoms with Gasteiger partial charge in [-0.3, -0.25) is 4.68 Å². The van der Waals surface area contributed by atoms with Crippen molar-refractivity contribution in [3.05, 3.63) is 119 Å². The van der Waals surface area contributed by atoms with E-state index in [1.165, 1.54) is 22.3 Å². The molecule has 1 aliphatic carbocycles. The Bertz CT molecular complexity index is 1490. The van der Waals surface area contributed by atoms with E-state index in [0.29, 0.717) is 11.5 Å². The number of ether oxygens (including phenoxy) is 1. The average Bonchev–Trinajstić information content (AvgIpc) is 3.34. The van der Waals surface area contributed by atoms with Crippen LogP contribution in [0.2, 0.25) is 0 Å². The standard InChI is InChI=1S/C33H32N2O.Pt/c1-7-24(33(4,5)6)15-17-30-28-13-8-9-14-29(28)31-18-16-27(21-32(30)31)36-26-12-10-11-25(20-26)35-23(3)19-22(2)34-35;/h7-19,30H,1-6H3;/q-2;+2/b17-15+,24-7+;. The number of nitrogens with zero attached hydrogens (tertiary/aromatic N) is 2. The molecule has 1 heterocycles. The molecule has 3 aromatic carbocycles. The van der Waals surface area contributed by atoms with E-state index in [0.717, 1.165) is 22.6 Å². The molecule has 0 amide bonds. The first kappa shape index (κ1) is 26.9. The maximum absolute atomic E-state index is 6.27. The fraction of sp³-hybridized carbons (Fsp3) is 0.242. The molecule has 190 valence electrons. The molecule has 3 nitrogen and oxygen atoms in total. The van der Waals surface area contributed by atoms with E-state index >= 15 is 0 Å². The monoisotopic (exact) mass is 667 g/mol. The summed E-state index contributed by atoms with van der Waals surface area (Å²) in [7, 11) is 0. The Labute approximate surface area is 235 Å². The minimum absolute atomic E-state index is 0. The molecule has 4 heteroatoms. The van der Waals surface area contributed by atoms with Crippen molar-refractivity contribution < 1.29 is 25.8 Å². The van der Waals surface area contributed by atoms with Gasteiger partial charge in [0.1, 0.15) is 0 Å². The van der Waals surface area contributed by atoms with Crippen LogP contribution in [-0.4, -0.2) is 9.78 Å². The number of aromatic nitrogens is 2. The van der Waals surface area contributed by atoms with E-state index in [2.05, 4.69) is 99.6 Å². The minimum Gasteiger partial charge on any atom is -0.509 e. The molecule has 0 saturated heterocycles. The number of aryl methyl sites for hydroxylation is 2. The Kier molecular flexibility index (Phi) is 7.76. The molecule has 0 radical (unpaired) electrons. The van der Waals surface area contributed by atoms with Gasteiger partial charge in [0, 0.05) is 23.1 Å². The summed E-state index contributed by atoms with van der Waals surface area (Å²) in [5.41, 5.74) is 9.23. The van der Waals surface area contributed by atoms with Gasteiger partial charge in [-0.15, -0.1) is 41.5 Å². The van der Waals surface area contributed by atoms with Crippen molar-refractivity contribution >= 4 is 0 Å². The van der Waals surface area contributed by atoms with Crippen LogP contribution in [0.15, 0.2) is 84.5 Å². The first-order chi connectivity index (χ1) is 17.2. The molecule has 4 aromatic rings. The normalized spacial score (nSPS) is 14.9. The third-order valence-electron chi connectivity index (χ3n) is 6.70. The average molecular weight is 668 g/mol. The predicted molar refractivity (Wildman–Crippen MR) is 147 cm³/mol. The summed E-state index contributed by atoms with van der Waals surface area (Å²) in [5, 5.41) is 4.58. The molecule has 0 aliphatic heterocycles. The molecule has 1 unspecified atom stereocenters. The molecule has 1 atom stereocenters. The van der Waals surface area contributed by atoms with Crippen LogP contribution in [0.1, 0.15) is 56.1 Å². The molecule has 0 fully saturated rings. The molecule has 5 rings (SSSR count). The third kappa shape index (κ3) is 5.43. The summed E-state index contributed by atoms with van der Waals surface area (Å²) in [6.07, 6.45) is 6.78. The van der Waals surface area contributed by atoms with E-state index in [-0.39, 0.29) is 32.4 Å². The van der Waals surface area contributed by atoms with Gasteiger partial charge in [0.15, 0.2) is 0 Å². The van der Waals surface area contributed by atoms with Crippen molar-refractivity contribution in [2.75, 3.05) is 0 Å². The molecule has 0 spiro atoms. The van der Waals surface area contributed by atoms with E-state index in [1.54, 1.807) is 0 Å². The Morgan fingerprint density at radius 2 is 1.70 bits per heavy atom. The molecular weight excluding hydrogens is 635 g/mol. The van der Waals surface area contributed by atoms with E-state index in [9.17, 15) is 0 Å². The van der Waals surface area contributed by atoms with Crippen LogP contribution < -0.4 is 4.74 Å². The van der Waals surface area contributed by atoms with Crippen LogP contribution in [0.25, 0.3) is 16.8 Å². The zero-order chi connectivity index (χ0) is 25.4. The quantitative estimate of drug-likeness (QED) is 0.158. The summed E-state index contributed by atoms with van der Waals surface area (Å²) in [4.78, 5) is 0. The second kappa shape index (κ2) is 10.7. The summed E-state index contributed by atoms with van der Waals surface area (Å²) < 4.78 is 8.16. The summed E-state index contributed by atoms with van der Waals surface area (Å²) in [6, 6.07) is 27.7. The largest absolute Gasteiger partial charge is 2.00 e. The summed E-state index contributed by atoms with van der Waals surface area (Å²) in [5.74, 6) is 1.45. The molecule has 37 heavy (non-hydrogen) atoms. The molecule has 0 N–H and O–H groups in total. The molecule has 1 aromatic heterocycles. The van der Waals surface area contributed by atoms with Crippen molar-refractivity contribution in [2.45, 2.75) is 47.5 Å². The first-order valence-corrected chi connectivity index (χ1v) is 12.5. The van der Waals surface area contributed by atoms with Gasteiger partial charge in [0.05, 0.1) is 5.69 Å². The molecule has 1 aliphatic rings. The van der Waals surface area contributed by atoms with E-state index in [1.807, 2.05) is 42.8 Å². The van der Waals surface area contributed by atoms with Crippen LogP contribution in [0.5, 0.6) is 11.5 Å². The van der Waals surface area contributed by atoms with Gasteiger partial charge in [-0.25, -0.2) is 0 Å². The summed E-state index contributed by atoms with van der Waals surface area (Å²) in [6.45, 7) is 12.9. The Hall–Kier alpha value is -3.16. The number of rotatable bonds is 5. The molecule has 0 saturated carbocycles. The maximum atomic E-state index is 6.27. The minimum atomic E-state index is 0. The second-order valence-electron chi connectivity index (χ2n) is 10.4. The summed E-state index contributed by atoms with van der Waals surface area (Å²) >= 11 is 0. The van der Waals surface area contributed by atoms with Crippen molar-refractivity contribution in [2.24, 2.45) is 5.41 Å². The van der Waals surface area contributed by atoms with Gasteiger partial charge in [0.2, 0.25) is 0 Å². The fourth-order valence-electron chi connectivity index (χ4n) is 4.99. The van der Waals surface area contributed by atoms with Gasteiger partial charge in [-0.1, -0.05) is 68.8 Å². The molecular formula is C33H32N2OPt. The Morgan fingerprint density at radius 1 is 0.946 bits per heavy atom. The Morgan fingerprint density at radius 3 is 2.41 bits per heavy atom. The topological polar surface area (TPSA) is 27.1 Å². The van der Waals surface area contributed by atoms with Crippen LogP contribution in [-0.2, 0) is 21.1 Å². The van der Waals surface area contributed by atoms with Crippen molar-refractivity contribution in [3.8, 4) is 28.3 Å². The van der Waals surface area contributed by atoms with Crippen molar-refractivity contribution in [3.63, 3.8) is 0 Å².